The molecule has 0 fully saturated rings. The Labute approximate surface area is 198 Å². The van der Waals surface area contributed by atoms with Crippen LogP contribution in [0.15, 0.2) is 53.1 Å². The van der Waals surface area contributed by atoms with Crippen molar-refractivity contribution in [2.24, 2.45) is 0 Å². The molecular formula is C23H27FN4O5S. The second-order valence-electron chi connectivity index (χ2n) is 7.61. The molecule has 0 aliphatic rings. The van der Waals surface area contributed by atoms with E-state index < -0.39 is 15.8 Å². The Kier molecular flexibility index (Phi) is 8.21. The van der Waals surface area contributed by atoms with Crippen molar-refractivity contribution in [3.63, 3.8) is 0 Å². The molecule has 0 aliphatic carbocycles. The van der Waals surface area contributed by atoms with Gasteiger partial charge >= 0.3 is 0 Å². The third-order valence-electron chi connectivity index (χ3n) is 4.96. The highest BCUT2D eigenvalue weighted by molar-refractivity contribution is 7.92. The molecule has 0 N–H and O–H groups in total. The summed E-state index contributed by atoms with van der Waals surface area (Å²) in [5.74, 6) is 0.528. The molecule has 0 aliphatic heterocycles. The lowest BCUT2D eigenvalue weighted by Crippen LogP contribution is -2.33. The van der Waals surface area contributed by atoms with Gasteiger partial charge in [-0.25, -0.2) is 12.8 Å². The van der Waals surface area contributed by atoms with Crippen molar-refractivity contribution in [2.75, 3.05) is 30.8 Å². The predicted octanol–water partition coefficient (Wildman–Crippen LogP) is 3.48. The Morgan fingerprint density at radius 3 is 2.50 bits per heavy atom. The van der Waals surface area contributed by atoms with E-state index in [9.17, 15) is 17.6 Å². The van der Waals surface area contributed by atoms with Gasteiger partial charge in [-0.15, -0.1) is 0 Å². The average Bonchev–Trinajstić information content (AvgIpc) is 3.25. The molecule has 0 atom stereocenters. The zero-order chi connectivity index (χ0) is 24.7. The maximum absolute atomic E-state index is 14.1. The first kappa shape index (κ1) is 25.2. The molecule has 0 saturated carbocycles. The summed E-state index contributed by atoms with van der Waals surface area (Å²) in [7, 11) is -2.12. The number of carbonyl (C=O) groups is 1. The second-order valence-corrected chi connectivity index (χ2v) is 9.52. The van der Waals surface area contributed by atoms with Gasteiger partial charge in [-0.05, 0) is 49.7 Å². The van der Waals surface area contributed by atoms with Crippen LogP contribution in [-0.4, -0.2) is 55.8 Å². The van der Waals surface area contributed by atoms with E-state index in [-0.39, 0.29) is 43.4 Å². The molecule has 1 aromatic heterocycles. The summed E-state index contributed by atoms with van der Waals surface area (Å²) in [6.07, 6.45) is 1.29. The van der Waals surface area contributed by atoms with E-state index in [0.717, 1.165) is 21.9 Å². The molecule has 34 heavy (non-hydrogen) atoms. The van der Waals surface area contributed by atoms with Crippen molar-refractivity contribution in [3.05, 3.63) is 60.2 Å². The normalized spacial score (nSPS) is 11.3. The number of halogens is 1. The fourth-order valence-electron chi connectivity index (χ4n) is 3.28. The molecule has 0 spiro atoms. The number of aromatic nitrogens is 2. The highest BCUT2D eigenvalue weighted by Gasteiger charge is 2.21. The highest BCUT2D eigenvalue weighted by Crippen LogP contribution is 2.22. The van der Waals surface area contributed by atoms with Crippen molar-refractivity contribution < 1.29 is 26.9 Å². The molecule has 3 aromatic rings. The average molecular weight is 491 g/mol. The van der Waals surface area contributed by atoms with Crippen molar-refractivity contribution >= 4 is 21.6 Å². The van der Waals surface area contributed by atoms with E-state index in [1.165, 1.54) is 23.1 Å². The molecule has 1 amide bonds. The first-order valence-electron chi connectivity index (χ1n) is 10.7. The number of para-hydroxylation sites is 1. The molecule has 0 radical (unpaired) electrons. The lowest BCUT2D eigenvalue weighted by atomic mass is 10.2. The monoisotopic (exact) mass is 490 g/mol. The van der Waals surface area contributed by atoms with Gasteiger partial charge in [0, 0.05) is 25.6 Å². The van der Waals surface area contributed by atoms with Gasteiger partial charge in [-0.1, -0.05) is 17.3 Å². The lowest BCUT2D eigenvalue weighted by molar-refractivity contribution is -0.130. The third-order valence-corrected chi connectivity index (χ3v) is 6.14. The van der Waals surface area contributed by atoms with Crippen LogP contribution in [0, 0.1) is 5.82 Å². The van der Waals surface area contributed by atoms with E-state index >= 15 is 0 Å². The second kappa shape index (κ2) is 11.1. The summed E-state index contributed by atoms with van der Waals surface area (Å²) in [5.41, 5.74) is 0.708. The van der Waals surface area contributed by atoms with Gasteiger partial charge in [0.25, 0.3) is 0 Å². The lowest BCUT2D eigenvalue weighted by Gasteiger charge is -2.23. The third kappa shape index (κ3) is 6.53. The van der Waals surface area contributed by atoms with Crippen LogP contribution in [-0.2, 0) is 21.4 Å². The Bertz CT molecular complexity index is 1210. The van der Waals surface area contributed by atoms with Gasteiger partial charge in [-0.2, -0.15) is 4.98 Å². The number of carbonyl (C=O) groups excluding carboxylic acids is 1. The Morgan fingerprint density at radius 2 is 1.85 bits per heavy atom. The number of nitrogens with zero attached hydrogens (tertiary/aromatic N) is 4. The van der Waals surface area contributed by atoms with Crippen LogP contribution in [0.3, 0.4) is 0 Å². The summed E-state index contributed by atoms with van der Waals surface area (Å²) < 4.78 is 50.0. The topological polar surface area (TPSA) is 106 Å². The molecule has 9 nitrogen and oxygen atoms in total. The van der Waals surface area contributed by atoms with Crippen LogP contribution in [0.5, 0.6) is 5.75 Å². The summed E-state index contributed by atoms with van der Waals surface area (Å²) >= 11 is 0. The van der Waals surface area contributed by atoms with Crippen LogP contribution < -0.4 is 9.04 Å². The zero-order valence-electron chi connectivity index (χ0n) is 19.3. The van der Waals surface area contributed by atoms with Gasteiger partial charge in [0.1, 0.15) is 11.6 Å². The van der Waals surface area contributed by atoms with Crippen molar-refractivity contribution in [1.29, 1.82) is 0 Å². The first-order chi connectivity index (χ1) is 16.2. The SMILES string of the molecule is CCOc1ccc(-c2noc(CN(C)C(=O)CCCN(c3ccccc3F)S(C)(=O)=O)n2)cc1. The minimum atomic E-state index is -3.71. The highest BCUT2D eigenvalue weighted by atomic mass is 32.2. The quantitative estimate of drug-likeness (QED) is 0.405. The maximum Gasteiger partial charge on any atom is 0.246 e. The van der Waals surface area contributed by atoms with Crippen LogP contribution >= 0.6 is 0 Å². The van der Waals surface area contributed by atoms with E-state index in [0.29, 0.717) is 12.4 Å². The summed E-state index contributed by atoms with van der Waals surface area (Å²) in [6.45, 7) is 2.55. The van der Waals surface area contributed by atoms with Crippen molar-refractivity contribution in [3.8, 4) is 17.1 Å². The predicted molar refractivity (Wildman–Crippen MR) is 125 cm³/mol. The molecule has 11 heteroatoms. The summed E-state index contributed by atoms with van der Waals surface area (Å²) in [6, 6.07) is 12.9. The Balaban J connectivity index is 1.55. The van der Waals surface area contributed by atoms with Crippen molar-refractivity contribution in [2.45, 2.75) is 26.3 Å². The molecule has 3 rings (SSSR count). The standard InChI is InChI=1S/C23H27FN4O5S/c1-4-32-18-13-11-17(12-14-18)23-25-21(33-26-23)16-27(2)22(29)10-7-15-28(34(3,30)31)20-9-6-5-8-19(20)24/h5-6,8-9,11-14H,4,7,10,15-16H2,1-3H3. The van der Waals surface area contributed by atoms with Crippen LogP contribution in [0.4, 0.5) is 10.1 Å². The fraction of sp³-hybridized carbons (Fsp3) is 0.348. The smallest absolute Gasteiger partial charge is 0.246 e. The maximum atomic E-state index is 14.1. The zero-order valence-corrected chi connectivity index (χ0v) is 20.1. The molecule has 1 heterocycles. The number of amides is 1. The van der Waals surface area contributed by atoms with E-state index in [2.05, 4.69) is 10.1 Å². The summed E-state index contributed by atoms with van der Waals surface area (Å²) in [4.78, 5) is 18.3. The Hall–Kier alpha value is -3.47. The largest absolute Gasteiger partial charge is 0.494 e. The van der Waals surface area contributed by atoms with Crippen LogP contribution in [0.25, 0.3) is 11.4 Å². The van der Waals surface area contributed by atoms with Crippen molar-refractivity contribution in [1.82, 2.24) is 15.0 Å². The van der Waals surface area contributed by atoms with Gasteiger partial charge in [-0.3, -0.25) is 9.10 Å². The van der Waals surface area contributed by atoms with Crippen LogP contribution in [0.2, 0.25) is 0 Å². The summed E-state index contributed by atoms with van der Waals surface area (Å²) in [5, 5.41) is 3.95. The molecule has 0 bridgehead atoms. The minimum absolute atomic E-state index is 0.0260. The number of rotatable bonds is 11. The van der Waals surface area contributed by atoms with E-state index in [1.54, 1.807) is 13.1 Å². The number of anilines is 1. The minimum Gasteiger partial charge on any atom is -0.494 e. The molecular weight excluding hydrogens is 463 g/mol. The molecule has 2 aromatic carbocycles. The molecule has 182 valence electrons. The van der Waals surface area contributed by atoms with Crippen LogP contribution in [0.1, 0.15) is 25.7 Å². The van der Waals surface area contributed by atoms with Gasteiger partial charge < -0.3 is 14.2 Å². The van der Waals surface area contributed by atoms with Gasteiger partial charge in [0.2, 0.25) is 27.6 Å². The number of benzene rings is 2. The van der Waals surface area contributed by atoms with E-state index in [4.69, 9.17) is 9.26 Å². The fourth-order valence-corrected chi connectivity index (χ4v) is 4.24. The Morgan fingerprint density at radius 1 is 1.15 bits per heavy atom. The number of hydrogen-bond acceptors (Lipinski definition) is 7. The number of sulfonamides is 1. The van der Waals surface area contributed by atoms with E-state index in [1.807, 2.05) is 31.2 Å². The first-order valence-corrected chi connectivity index (χ1v) is 12.6. The molecule has 0 unspecified atom stereocenters. The number of hydrogen-bond donors (Lipinski definition) is 0. The van der Waals surface area contributed by atoms with Gasteiger partial charge in [0.15, 0.2) is 0 Å². The van der Waals surface area contributed by atoms with Gasteiger partial charge in [0.05, 0.1) is 25.1 Å². The number of ether oxygens (including phenoxy) is 1. The molecule has 0 saturated heterocycles.